The molecule has 0 aliphatic carbocycles. The number of aromatic nitrogens is 1. The zero-order chi connectivity index (χ0) is 22.9. The highest BCUT2D eigenvalue weighted by atomic mass is 79.9. The van der Waals surface area contributed by atoms with Crippen LogP contribution in [0.5, 0.6) is 0 Å². The number of nitro benzene ring substituents is 1. The third kappa shape index (κ3) is 4.76. The molecule has 0 saturated carbocycles. The highest BCUT2D eigenvalue weighted by Crippen LogP contribution is 2.39. The summed E-state index contributed by atoms with van der Waals surface area (Å²) in [6, 6.07) is 20.8. The molecular formula is C25H20BrFN4O2S. The topological polar surface area (TPSA) is 71.6 Å². The first-order valence-corrected chi connectivity index (χ1v) is 11.3. The van der Waals surface area contributed by atoms with E-state index in [4.69, 9.17) is 10.1 Å². The molecule has 3 aromatic carbocycles. The molecule has 6 nitrogen and oxygen atoms in total. The van der Waals surface area contributed by atoms with E-state index in [1.165, 1.54) is 41.2 Å². The number of halogens is 2. The van der Waals surface area contributed by atoms with Crippen molar-refractivity contribution in [3.05, 3.63) is 111 Å². The third-order valence-corrected chi connectivity index (χ3v) is 6.42. The van der Waals surface area contributed by atoms with E-state index in [9.17, 15) is 14.5 Å². The quantitative estimate of drug-likeness (QED) is 0.200. The Balaban J connectivity index is 0.00000274. The molecule has 172 valence electrons. The number of thiazole rings is 1. The minimum atomic E-state index is -0.414. The Morgan fingerprint density at radius 1 is 1.06 bits per heavy atom. The first kappa shape index (κ1) is 23.7. The van der Waals surface area contributed by atoms with Crippen molar-refractivity contribution in [2.45, 2.75) is 19.4 Å². The number of hydrogen-bond acceptors (Lipinski definition) is 6. The maximum absolute atomic E-state index is 13.6. The van der Waals surface area contributed by atoms with Gasteiger partial charge in [-0.2, -0.15) is 5.10 Å². The highest BCUT2D eigenvalue weighted by Gasteiger charge is 2.32. The molecule has 0 radical (unpaired) electrons. The fourth-order valence-corrected chi connectivity index (χ4v) is 4.66. The van der Waals surface area contributed by atoms with E-state index in [1.54, 1.807) is 18.2 Å². The lowest BCUT2D eigenvalue weighted by Crippen LogP contribution is -2.18. The number of benzene rings is 3. The number of non-ortho nitro benzene ring substituents is 1. The number of nitrogens with zero attached hydrogens (tertiary/aromatic N) is 4. The molecule has 5 rings (SSSR count). The van der Waals surface area contributed by atoms with Crippen molar-refractivity contribution in [3.8, 4) is 11.3 Å². The fraction of sp³-hybridized carbons (Fsp3) is 0.120. The van der Waals surface area contributed by atoms with Crippen LogP contribution in [-0.4, -0.2) is 15.6 Å². The minimum Gasteiger partial charge on any atom is -0.258 e. The first-order valence-electron chi connectivity index (χ1n) is 10.4. The van der Waals surface area contributed by atoms with Crippen molar-refractivity contribution in [2.75, 3.05) is 5.01 Å². The number of anilines is 1. The summed E-state index contributed by atoms with van der Waals surface area (Å²) in [7, 11) is 0. The van der Waals surface area contributed by atoms with Crippen LogP contribution >= 0.6 is 28.3 Å². The third-order valence-electron chi connectivity index (χ3n) is 5.59. The molecule has 0 bridgehead atoms. The van der Waals surface area contributed by atoms with E-state index in [1.807, 2.05) is 47.6 Å². The average molecular weight is 539 g/mol. The zero-order valence-corrected chi connectivity index (χ0v) is 20.6. The van der Waals surface area contributed by atoms with Gasteiger partial charge in [-0.3, -0.25) is 10.1 Å². The van der Waals surface area contributed by atoms with Crippen molar-refractivity contribution in [3.63, 3.8) is 0 Å². The summed E-state index contributed by atoms with van der Waals surface area (Å²) in [4.78, 5) is 15.6. The molecule has 1 aromatic heterocycles. The highest BCUT2D eigenvalue weighted by molar-refractivity contribution is 8.93. The van der Waals surface area contributed by atoms with Crippen LogP contribution in [0.4, 0.5) is 15.2 Å². The predicted molar refractivity (Wildman–Crippen MR) is 138 cm³/mol. The summed E-state index contributed by atoms with van der Waals surface area (Å²) in [6.45, 7) is 2.04. The lowest BCUT2D eigenvalue weighted by atomic mass is 9.98. The van der Waals surface area contributed by atoms with Gasteiger partial charge in [0.05, 0.1) is 22.4 Å². The number of nitro groups is 1. The smallest absolute Gasteiger partial charge is 0.258 e. The van der Waals surface area contributed by atoms with Gasteiger partial charge in [-0.05, 0) is 24.6 Å². The van der Waals surface area contributed by atoms with Gasteiger partial charge in [0.1, 0.15) is 5.82 Å². The lowest BCUT2D eigenvalue weighted by Gasteiger charge is -2.21. The second kappa shape index (κ2) is 9.82. The summed E-state index contributed by atoms with van der Waals surface area (Å²) in [5.41, 5.74) is 5.37. The van der Waals surface area contributed by atoms with Crippen molar-refractivity contribution in [2.24, 2.45) is 5.10 Å². The lowest BCUT2D eigenvalue weighted by molar-refractivity contribution is -0.384. The van der Waals surface area contributed by atoms with Crippen molar-refractivity contribution in [1.29, 1.82) is 0 Å². The maximum atomic E-state index is 13.6. The molecule has 1 aliphatic rings. The summed E-state index contributed by atoms with van der Waals surface area (Å²) < 4.78 is 13.6. The Morgan fingerprint density at radius 3 is 2.50 bits per heavy atom. The van der Waals surface area contributed by atoms with E-state index < -0.39 is 4.92 Å². The number of rotatable bonds is 5. The summed E-state index contributed by atoms with van der Waals surface area (Å²) in [5, 5.41) is 20.6. The molecular weight excluding hydrogens is 519 g/mol. The minimum absolute atomic E-state index is 0. The maximum Gasteiger partial charge on any atom is 0.270 e. The van der Waals surface area contributed by atoms with Gasteiger partial charge in [-0.25, -0.2) is 14.4 Å². The zero-order valence-electron chi connectivity index (χ0n) is 18.1. The molecule has 1 aliphatic heterocycles. The van der Waals surface area contributed by atoms with Gasteiger partial charge in [0.2, 0.25) is 5.13 Å². The Labute approximate surface area is 210 Å². The molecule has 0 N–H and O–H groups in total. The van der Waals surface area contributed by atoms with Crippen molar-refractivity contribution < 1.29 is 9.31 Å². The van der Waals surface area contributed by atoms with Gasteiger partial charge >= 0.3 is 0 Å². The van der Waals surface area contributed by atoms with Gasteiger partial charge in [0.25, 0.3) is 5.69 Å². The monoisotopic (exact) mass is 538 g/mol. The van der Waals surface area contributed by atoms with Crippen LogP contribution in [0.25, 0.3) is 11.3 Å². The number of aryl methyl sites for hydroxylation is 1. The molecule has 0 amide bonds. The molecule has 0 spiro atoms. The normalized spacial score (nSPS) is 15.1. The van der Waals surface area contributed by atoms with Crippen LogP contribution < -0.4 is 5.01 Å². The van der Waals surface area contributed by atoms with Crippen LogP contribution in [0.15, 0.2) is 83.3 Å². The summed E-state index contributed by atoms with van der Waals surface area (Å²) >= 11 is 1.48. The van der Waals surface area contributed by atoms with Crippen LogP contribution in [0, 0.1) is 22.9 Å². The standard InChI is InChI=1S/C25H19FN4O2S.BrH/c1-16-5-7-17(8-6-16)23-15-33-25(27-23)29-24(18-9-11-20(26)12-10-18)14-22(28-29)19-3-2-4-21(13-19)30(31)32;/h2-13,15,24H,14H2,1H3;1H. The van der Waals surface area contributed by atoms with Gasteiger partial charge < -0.3 is 0 Å². The Morgan fingerprint density at radius 2 is 1.79 bits per heavy atom. The van der Waals surface area contributed by atoms with Crippen molar-refractivity contribution >= 4 is 44.8 Å². The molecule has 1 unspecified atom stereocenters. The molecule has 0 saturated heterocycles. The van der Waals surface area contributed by atoms with Crippen LogP contribution in [0.2, 0.25) is 0 Å². The van der Waals surface area contributed by atoms with E-state index in [2.05, 4.69) is 0 Å². The van der Waals surface area contributed by atoms with E-state index in [0.717, 1.165) is 22.5 Å². The Bertz CT molecular complexity index is 1360. The Hall–Kier alpha value is -3.43. The molecule has 34 heavy (non-hydrogen) atoms. The van der Waals surface area contributed by atoms with Gasteiger partial charge in [-0.1, -0.05) is 54.1 Å². The predicted octanol–water partition coefficient (Wildman–Crippen LogP) is 7.10. The fourth-order valence-electron chi connectivity index (χ4n) is 3.83. The van der Waals surface area contributed by atoms with Crippen LogP contribution in [0.3, 0.4) is 0 Å². The van der Waals surface area contributed by atoms with Crippen LogP contribution in [-0.2, 0) is 0 Å². The summed E-state index contributed by atoms with van der Waals surface area (Å²) in [6.07, 6.45) is 0.520. The van der Waals surface area contributed by atoms with Gasteiger partial charge in [0, 0.05) is 35.1 Å². The second-order valence-electron chi connectivity index (χ2n) is 7.85. The first-order chi connectivity index (χ1) is 16.0. The van der Waals surface area contributed by atoms with E-state index >= 15 is 0 Å². The van der Waals surface area contributed by atoms with E-state index in [-0.39, 0.29) is 34.5 Å². The molecule has 4 aromatic rings. The second-order valence-corrected chi connectivity index (χ2v) is 8.69. The Kier molecular flexibility index (Phi) is 6.85. The van der Waals surface area contributed by atoms with E-state index in [0.29, 0.717) is 17.1 Å². The van der Waals surface area contributed by atoms with Crippen LogP contribution in [0.1, 0.15) is 29.2 Å². The van der Waals surface area contributed by atoms with Gasteiger partial charge in [-0.15, -0.1) is 28.3 Å². The molecule has 0 fully saturated rings. The molecule has 1 atom stereocenters. The molecule has 2 heterocycles. The average Bonchev–Trinajstić information content (AvgIpc) is 3.48. The van der Waals surface area contributed by atoms with Crippen molar-refractivity contribution in [1.82, 2.24) is 4.98 Å². The molecule has 9 heteroatoms. The SMILES string of the molecule is Br.Cc1ccc(-c2csc(N3N=C(c4cccc([N+](=O)[O-])c4)CC3c3ccc(F)cc3)n2)cc1. The number of hydrazone groups is 1. The summed E-state index contributed by atoms with van der Waals surface area (Å²) in [5.74, 6) is -0.306. The number of hydrogen-bond donors (Lipinski definition) is 0. The van der Waals surface area contributed by atoms with Gasteiger partial charge in [0.15, 0.2) is 0 Å². The largest absolute Gasteiger partial charge is 0.270 e.